The number of halogens is 3. The molecule has 0 aromatic heterocycles. The third-order valence-electron chi connectivity index (χ3n) is 3.79. The van der Waals surface area contributed by atoms with Crippen LogP contribution in [0.4, 0.5) is 8.78 Å². The molecule has 0 atom stereocenters. The molecular formula is C15H18ClF2NO2. The van der Waals surface area contributed by atoms with Crippen molar-refractivity contribution >= 4 is 17.5 Å². The minimum atomic E-state index is -2.96. The van der Waals surface area contributed by atoms with E-state index in [-0.39, 0.29) is 11.3 Å². The van der Waals surface area contributed by atoms with Crippen LogP contribution in [0.2, 0.25) is 0 Å². The van der Waals surface area contributed by atoms with Gasteiger partial charge in [0, 0.05) is 5.88 Å². The molecule has 1 aliphatic carbocycles. The fourth-order valence-electron chi connectivity index (χ4n) is 2.68. The van der Waals surface area contributed by atoms with Gasteiger partial charge in [-0.2, -0.15) is 8.78 Å². The first-order valence-electron chi connectivity index (χ1n) is 6.99. The molecule has 0 heterocycles. The minimum Gasteiger partial charge on any atom is -0.434 e. The Labute approximate surface area is 127 Å². The lowest BCUT2D eigenvalue weighted by Crippen LogP contribution is -2.51. The average Bonchev–Trinajstić information content (AvgIpc) is 2.48. The number of rotatable bonds is 5. The predicted molar refractivity (Wildman–Crippen MR) is 77.1 cm³/mol. The molecule has 0 aliphatic heterocycles. The van der Waals surface area contributed by atoms with Crippen LogP contribution in [0, 0.1) is 0 Å². The first-order valence-corrected chi connectivity index (χ1v) is 7.52. The maximum atomic E-state index is 12.4. The molecule has 116 valence electrons. The maximum Gasteiger partial charge on any atom is 0.387 e. The minimum absolute atomic E-state index is 0.105. The lowest BCUT2D eigenvalue weighted by atomic mass is 9.83. The Morgan fingerprint density at radius 3 is 2.57 bits per heavy atom. The van der Waals surface area contributed by atoms with E-state index in [1.54, 1.807) is 12.1 Å². The van der Waals surface area contributed by atoms with Crippen molar-refractivity contribution < 1.29 is 18.3 Å². The normalized spacial score (nSPS) is 17.5. The first-order chi connectivity index (χ1) is 10.1. The Kier molecular flexibility index (Phi) is 5.39. The Balaban J connectivity index is 2.16. The molecule has 0 unspecified atom stereocenters. The number of carbonyl (C=O) groups is 1. The van der Waals surface area contributed by atoms with Gasteiger partial charge in [0.1, 0.15) is 5.75 Å². The van der Waals surface area contributed by atoms with Gasteiger partial charge < -0.3 is 10.1 Å². The van der Waals surface area contributed by atoms with E-state index in [1.165, 1.54) is 12.1 Å². The fourth-order valence-corrected chi connectivity index (χ4v) is 3.02. The van der Waals surface area contributed by atoms with Gasteiger partial charge in [-0.15, -0.1) is 11.6 Å². The molecule has 21 heavy (non-hydrogen) atoms. The van der Waals surface area contributed by atoms with Crippen molar-refractivity contribution in [2.75, 3.05) is 5.88 Å². The predicted octanol–water partition coefficient (Wildman–Crippen LogP) is 3.96. The van der Waals surface area contributed by atoms with E-state index in [0.717, 1.165) is 32.1 Å². The van der Waals surface area contributed by atoms with Gasteiger partial charge in [0.25, 0.3) is 5.91 Å². The second-order valence-corrected chi connectivity index (χ2v) is 5.57. The molecule has 6 heteroatoms. The molecule has 3 nitrogen and oxygen atoms in total. The van der Waals surface area contributed by atoms with Crippen LogP contribution in [0.5, 0.6) is 5.75 Å². The van der Waals surface area contributed by atoms with Gasteiger partial charge in [0.15, 0.2) is 0 Å². The van der Waals surface area contributed by atoms with Crippen molar-refractivity contribution in [1.82, 2.24) is 5.32 Å². The quantitative estimate of drug-likeness (QED) is 0.835. The standard InChI is InChI=1S/C15H18ClF2NO2/c16-10-15(8-4-1-5-9-15)19-13(20)11-6-2-3-7-12(11)21-14(17)18/h2-3,6-7,14H,1,4-5,8-10H2,(H,19,20). The third kappa shape index (κ3) is 4.06. The molecular weight excluding hydrogens is 300 g/mol. The van der Waals surface area contributed by atoms with Crippen molar-refractivity contribution in [1.29, 1.82) is 0 Å². The molecule has 0 saturated heterocycles. The van der Waals surface area contributed by atoms with E-state index in [2.05, 4.69) is 10.1 Å². The number of carbonyl (C=O) groups excluding carboxylic acids is 1. The fraction of sp³-hybridized carbons (Fsp3) is 0.533. The van der Waals surface area contributed by atoms with Crippen molar-refractivity contribution in [3.05, 3.63) is 29.8 Å². The number of benzene rings is 1. The monoisotopic (exact) mass is 317 g/mol. The molecule has 1 aromatic carbocycles. The van der Waals surface area contributed by atoms with Crippen LogP contribution in [0.15, 0.2) is 24.3 Å². The van der Waals surface area contributed by atoms with Crippen LogP contribution in [0.3, 0.4) is 0 Å². The summed E-state index contributed by atoms with van der Waals surface area (Å²) >= 11 is 6.03. The molecule has 0 spiro atoms. The van der Waals surface area contributed by atoms with Crippen molar-refractivity contribution in [3.8, 4) is 5.75 Å². The van der Waals surface area contributed by atoms with Crippen molar-refractivity contribution in [2.45, 2.75) is 44.3 Å². The summed E-state index contributed by atoms with van der Waals surface area (Å²) in [5.74, 6) is -0.226. The number of para-hydroxylation sites is 1. The van der Waals surface area contributed by atoms with E-state index < -0.39 is 18.1 Å². The zero-order valence-electron chi connectivity index (χ0n) is 11.6. The molecule has 1 N–H and O–H groups in total. The van der Waals surface area contributed by atoms with Gasteiger partial charge >= 0.3 is 6.61 Å². The smallest absolute Gasteiger partial charge is 0.387 e. The second-order valence-electron chi connectivity index (χ2n) is 5.30. The Hall–Kier alpha value is -1.36. The highest BCUT2D eigenvalue weighted by molar-refractivity contribution is 6.19. The maximum absolute atomic E-state index is 12.4. The largest absolute Gasteiger partial charge is 0.434 e. The van der Waals surface area contributed by atoms with Gasteiger partial charge in [0.2, 0.25) is 0 Å². The molecule has 0 bridgehead atoms. The molecule has 1 aliphatic rings. The number of amides is 1. The zero-order valence-corrected chi connectivity index (χ0v) is 12.3. The lowest BCUT2D eigenvalue weighted by molar-refractivity contribution is -0.0501. The third-order valence-corrected chi connectivity index (χ3v) is 4.30. The number of nitrogens with one attached hydrogen (secondary N) is 1. The second kappa shape index (κ2) is 7.07. The van der Waals surface area contributed by atoms with Gasteiger partial charge in [-0.3, -0.25) is 4.79 Å². The number of hydrogen-bond donors (Lipinski definition) is 1. The van der Waals surface area contributed by atoms with Gasteiger partial charge in [0.05, 0.1) is 11.1 Å². The Morgan fingerprint density at radius 1 is 1.29 bits per heavy atom. The molecule has 1 fully saturated rings. The SMILES string of the molecule is O=C(NC1(CCl)CCCCC1)c1ccccc1OC(F)F. The van der Waals surface area contributed by atoms with Gasteiger partial charge in [-0.1, -0.05) is 31.4 Å². The van der Waals surface area contributed by atoms with Crippen LogP contribution in [-0.2, 0) is 0 Å². The highest BCUT2D eigenvalue weighted by atomic mass is 35.5. The average molecular weight is 318 g/mol. The van der Waals surface area contributed by atoms with E-state index in [1.807, 2.05) is 0 Å². The van der Waals surface area contributed by atoms with Crippen LogP contribution in [0.1, 0.15) is 42.5 Å². The van der Waals surface area contributed by atoms with Crippen molar-refractivity contribution in [3.63, 3.8) is 0 Å². The highest BCUT2D eigenvalue weighted by Crippen LogP contribution is 2.30. The number of hydrogen-bond acceptors (Lipinski definition) is 2. The van der Waals surface area contributed by atoms with E-state index in [4.69, 9.17) is 11.6 Å². The topological polar surface area (TPSA) is 38.3 Å². The zero-order chi connectivity index (χ0) is 15.3. The summed E-state index contributed by atoms with van der Waals surface area (Å²) in [4.78, 5) is 12.4. The van der Waals surface area contributed by atoms with E-state index in [0.29, 0.717) is 5.88 Å². The summed E-state index contributed by atoms with van der Waals surface area (Å²) < 4.78 is 29.2. The number of alkyl halides is 3. The molecule has 0 radical (unpaired) electrons. The first kappa shape index (κ1) is 16.0. The van der Waals surface area contributed by atoms with E-state index >= 15 is 0 Å². The molecule has 1 amide bonds. The summed E-state index contributed by atoms with van der Waals surface area (Å²) in [7, 11) is 0. The Morgan fingerprint density at radius 2 is 1.95 bits per heavy atom. The van der Waals surface area contributed by atoms with Crippen molar-refractivity contribution in [2.24, 2.45) is 0 Å². The van der Waals surface area contributed by atoms with E-state index in [9.17, 15) is 13.6 Å². The molecule has 1 saturated carbocycles. The van der Waals surface area contributed by atoms with Crippen LogP contribution in [-0.4, -0.2) is 23.9 Å². The summed E-state index contributed by atoms with van der Waals surface area (Å²) in [6, 6.07) is 5.99. The van der Waals surface area contributed by atoms with Gasteiger partial charge in [-0.25, -0.2) is 0 Å². The van der Waals surface area contributed by atoms with Crippen LogP contribution >= 0.6 is 11.6 Å². The lowest BCUT2D eigenvalue weighted by Gasteiger charge is -2.36. The van der Waals surface area contributed by atoms with Crippen LogP contribution in [0.25, 0.3) is 0 Å². The molecule has 1 aromatic rings. The van der Waals surface area contributed by atoms with Crippen LogP contribution < -0.4 is 10.1 Å². The molecule has 2 rings (SSSR count). The summed E-state index contributed by atoms with van der Waals surface area (Å²) in [5, 5.41) is 2.92. The number of ether oxygens (including phenoxy) is 1. The summed E-state index contributed by atoms with van der Waals surface area (Å²) in [6.45, 7) is -2.96. The summed E-state index contributed by atoms with van der Waals surface area (Å²) in [5.41, 5.74) is -0.345. The highest BCUT2D eigenvalue weighted by Gasteiger charge is 2.33. The summed E-state index contributed by atoms with van der Waals surface area (Å²) in [6.07, 6.45) is 4.74. The Bertz CT molecular complexity index is 490. The van der Waals surface area contributed by atoms with Gasteiger partial charge in [-0.05, 0) is 25.0 Å².